The zero-order valence-electron chi connectivity index (χ0n) is 11.9. The Balaban J connectivity index is 0.00000121. The molecular formula is C14H19Cl2N3O2S. The normalized spacial score (nSPS) is 17.2. The summed E-state index contributed by atoms with van der Waals surface area (Å²) in [7, 11) is 0. The summed E-state index contributed by atoms with van der Waals surface area (Å²) in [4.78, 5) is 16.4. The van der Waals surface area contributed by atoms with Gasteiger partial charge in [-0.1, -0.05) is 0 Å². The first-order chi connectivity index (χ1) is 9.83. The van der Waals surface area contributed by atoms with E-state index in [4.69, 9.17) is 4.42 Å². The number of piperidine rings is 1. The summed E-state index contributed by atoms with van der Waals surface area (Å²) in [5.74, 6) is 0.432. The summed E-state index contributed by atoms with van der Waals surface area (Å²) in [6.45, 7) is 2.78. The molecule has 22 heavy (non-hydrogen) atoms. The molecular weight excluding hydrogens is 345 g/mol. The highest BCUT2D eigenvalue weighted by Crippen LogP contribution is 2.23. The Kier molecular flexibility index (Phi) is 7.89. The van der Waals surface area contributed by atoms with Gasteiger partial charge >= 0.3 is 0 Å². The molecule has 0 bridgehead atoms. The molecule has 3 heterocycles. The fourth-order valence-corrected chi connectivity index (χ4v) is 3.11. The molecule has 1 unspecified atom stereocenters. The summed E-state index contributed by atoms with van der Waals surface area (Å²) in [6, 6.07) is 1.84. The van der Waals surface area contributed by atoms with Gasteiger partial charge in [0.25, 0.3) is 5.91 Å². The lowest BCUT2D eigenvalue weighted by molar-refractivity contribution is 0.0940. The lowest BCUT2D eigenvalue weighted by atomic mass is 10.00. The Labute approximate surface area is 145 Å². The highest BCUT2D eigenvalue weighted by atomic mass is 35.5. The summed E-state index contributed by atoms with van der Waals surface area (Å²) < 4.78 is 5.02. The van der Waals surface area contributed by atoms with Gasteiger partial charge in [0, 0.05) is 17.5 Å². The first-order valence-corrected chi connectivity index (χ1v) is 7.68. The maximum Gasteiger partial charge on any atom is 0.270 e. The molecule has 0 aliphatic carbocycles. The molecule has 3 rings (SSSR count). The van der Waals surface area contributed by atoms with Crippen molar-refractivity contribution in [3.05, 3.63) is 29.7 Å². The third kappa shape index (κ3) is 4.71. The molecule has 2 N–H and O–H groups in total. The van der Waals surface area contributed by atoms with E-state index in [1.54, 1.807) is 17.9 Å². The van der Waals surface area contributed by atoms with Gasteiger partial charge in [0.15, 0.2) is 0 Å². The molecule has 1 atom stereocenters. The molecule has 1 fully saturated rings. The van der Waals surface area contributed by atoms with Crippen LogP contribution in [0.3, 0.4) is 0 Å². The molecule has 0 radical (unpaired) electrons. The number of furan rings is 1. The molecule has 0 saturated carbocycles. The number of thiazole rings is 1. The van der Waals surface area contributed by atoms with Crippen LogP contribution in [-0.4, -0.2) is 30.5 Å². The number of carbonyl (C=O) groups excluding carboxylic acids is 1. The molecule has 1 aliphatic heterocycles. The van der Waals surface area contributed by atoms with E-state index in [9.17, 15) is 4.79 Å². The Morgan fingerprint density at radius 2 is 2.36 bits per heavy atom. The van der Waals surface area contributed by atoms with Crippen LogP contribution < -0.4 is 10.6 Å². The van der Waals surface area contributed by atoms with Crippen molar-refractivity contribution in [2.75, 3.05) is 19.6 Å². The van der Waals surface area contributed by atoms with E-state index in [1.807, 2.05) is 6.07 Å². The zero-order chi connectivity index (χ0) is 13.8. The van der Waals surface area contributed by atoms with Crippen molar-refractivity contribution in [1.82, 2.24) is 15.6 Å². The number of halogens is 2. The number of aromatic nitrogens is 1. The monoisotopic (exact) mass is 363 g/mol. The van der Waals surface area contributed by atoms with Gasteiger partial charge in [0.05, 0.1) is 6.26 Å². The standard InChI is InChI=1S/C14H17N3O2S.2ClH/c18-13(16-7-10-2-1-4-15-6-10)12-9-20-14(17-12)11-3-5-19-8-11;;/h3,5,8-10,15H,1-2,4,6-7H2,(H,16,18);2*1H. The molecule has 2 aromatic heterocycles. The number of hydrogen-bond acceptors (Lipinski definition) is 5. The number of carbonyl (C=O) groups is 1. The van der Waals surface area contributed by atoms with Crippen LogP contribution in [0, 0.1) is 5.92 Å². The van der Waals surface area contributed by atoms with Crippen LogP contribution in [0.25, 0.3) is 10.6 Å². The Hall–Kier alpha value is -1.08. The van der Waals surface area contributed by atoms with E-state index in [2.05, 4.69) is 15.6 Å². The number of nitrogens with one attached hydrogen (secondary N) is 2. The minimum atomic E-state index is -0.0958. The minimum absolute atomic E-state index is 0. The third-order valence-corrected chi connectivity index (χ3v) is 4.35. The largest absolute Gasteiger partial charge is 0.472 e. The second-order valence-electron chi connectivity index (χ2n) is 4.97. The predicted molar refractivity (Wildman–Crippen MR) is 92.2 cm³/mol. The highest BCUT2D eigenvalue weighted by molar-refractivity contribution is 7.13. The summed E-state index contributed by atoms with van der Waals surface area (Å²) in [6.07, 6.45) is 5.59. The minimum Gasteiger partial charge on any atom is -0.472 e. The molecule has 1 amide bonds. The maximum absolute atomic E-state index is 12.1. The van der Waals surface area contributed by atoms with Crippen molar-refractivity contribution >= 4 is 42.1 Å². The van der Waals surface area contributed by atoms with Gasteiger partial charge in [-0.05, 0) is 37.9 Å². The van der Waals surface area contributed by atoms with E-state index in [1.165, 1.54) is 24.2 Å². The van der Waals surface area contributed by atoms with Crippen LogP contribution in [0.4, 0.5) is 0 Å². The number of nitrogens with zero attached hydrogens (tertiary/aromatic N) is 1. The molecule has 2 aromatic rings. The summed E-state index contributed by atoms with van der Waals surface area (Å²) in [5, 5.41) is 8.91. The van der Waals surface area contributed by atoms with Gasteiger partial charge in [-0.25, -0.2) is 4.98 Å². The summed E-state index contributed by atoms with van der Waals surface area (Å²) >= 11 is 1.45. The van der Waals surface area contributed by atoms with Crippen molar-refractivity contribution in [1.29, 1.82) is 0 Å². The lowest BCUT2D eigenvalue weighted by Gasteiger charge is -2.22. The molecule has 1 saturated heterocycles. The van der Waals surface area contributed by atoms with E-state index in [0.29, 0.717) is 18.2 Å². The lowest BCUT2D eigenvalue weighted by Crippen LogP contribution is -2.38. The van der Waals surface area contributed by atoms with E-state index in [-0.39, 0.29) is 30.7 Å². The topological polar surface area (TPSA) is 67.2 Å². The number of rotatable bonds is 4. The van der Waals surface area contributed by atoms with Crippen LogP contribution in [0.15, 0.2) is 28.4 Å². The Morgan fingerprint density at radius 3 is 3.05 bits per heavy atom. The van der Waals surface area contributed by atoms with Crippen molar-refractivity contribution < 1.29 is 9.21 Å². The van der Waals surface area contributed by atoms with Crippen LogP contribution in [-0.2, 0) is 0 Å². The van der Waals surface area contributed by atoms with Gasteiger partial charge in [-0.2, -0.15) is 0 Å². The SMILES string of the molecule is Cl.Cl.O=C(NCC1CCCNC1)c1csc(-c2ccoc2)n1. The quantitative estimate of drug-likeness (QED) is 0.875. The van der Waals surface area contributed by atoms with Crippen molar-refractivity contribution in [2.45, 2.75) is 12.8 Å². The zero-order valence-corrected chi connectivity index (χ0v) is 14.4. The molecule has 5 nitrogen and oxygen atoms in total. The van der Waals surface area contributed by atoms with Gasteiger partial charge in [0.1, 0.15) is 17.0 Å². The maximum atomic E-state index is 12.1. The number of hydrogen-bond donors (Lipinski definition) is 2. The first-order valence-electron chi connectivity index (χ1n) is 6.80. The average Bonchev–Trinajstić information content (AvgIpc) is 3.16. The van der Waals surface area contributed by atoms with Gasteiger partial charge in [0.2, 0.25) is 0 Å². The van der Waals surface area contributed by atoms with Crippen LogP contribution in [0.1, 0.15) is 23.3 Å². The van der Waals surface area contributed by atoms with Crippen molar-refractivity contribution in [3.63, 3.8) is 0 Å². The van der Waals surface area contributed by atoms with E-state index in [0.717, 1.165) is 23.7 Å². The van der Waals surface area contributed by atoms with Crippen LogP contribution in [0.5, 0.6) is 0 Å². The molecule has 0 aromatic carbocycles. The Bertz CT molecular complexity index is 568. The first kappa shape index (κ1) is 19.0. The molecule has 8 heteroatoms. The fourth-order valence-electron chi connectivity index (χ4n) is 2.32. The van der Waals surface area contributed by atoms with Gasteiger partial charge in [-0.15, -0.1) is 36.2 Å². The molecule has 122 valence electrons. The van der Waals surface area contributed by atoms with Gasteiger partial charge in [-0.3, -0.25) is 4.79 Å². The second kappa shape index (κ2) is 9.15. The fraction of sp³-hybridized carbons (Fsp3) is 0.429. The van der Waals surface area contributed by atoms with Gasteiger partial charge < -0.3 is 15.1 Å². The smallest absolute Gasteiger partial charge is 0.270 e. The van der Waals surface area contributed by atoms with E-state index >= 15 is 0 Å². The number of amides is 1. The van der Waals surface area contributed by atoms with Crippen molar-refractivity contribution in [2.24, 2.45) is 5.92 Å². The highest BCUT2D eigenvalue weighted by Gasteiger charge is 2.16. The summed E-state index contributed by atoms with van der Waals surface area (Å²) in [5.41, 5.74) is 1.39. The van der Waals surface area contributed by atoms with Crippen LogP contribution >= 0.6 is 36.2 Å². The van der Waals surface area contributed by atoms with Crippen molar-refractivity contribution in [3.8, 4) is 10.6 Å². The molecule has 1 aliphatic rings. The predicted octanol–water partition coefficient (Wildman–Crippen LogP) is 2.98. The second-order valence-corrected chi connectivity index (χ2v) is 5.83. The average molecular weight is 364 g/mol. The molecule has 0 spiro atoms. The Morgan fingerprint density at radius 1 is 1.50 bits per heavy atom. The van der Waals surface area contributed by atoms with Crippen LogP contribution in [0.2, 0.25) is 0 Å². The third-order valence-electron chi connectivity index (χ3n) is 3.46. The van der Waals surface area contributed by atoms with E-state index < -0.39 is 0 Å².